The number of aryl methyl sites for hydroxylation is 1. The van der Waals surface area contributed by atoms with Crippen molar-refractivity contribution >= 4 is 0 Å². The minimum absolute atomic E-state index is 0.517. The number of unbranched alkanes of at least 4 members (excludes halogenated alkanes) is 1. The molecule has 1 atom stereocenters. The summed E-state index contributed by atoms with van der Waals surface area (Å²) in [5.41, 5.74) is 1.10. The standard InChI is InChI=1S/C11H19N3/c1-4-6-7-8-14-9-11(12-13-14)10(3)5-2/h4,9-10H,1,5-8H2,2-3H3. The van der Waals surface area contributed by atoms with E-state index in [1.54, 1.807) is 0 Å². The Bertz CT molecular complexity index is 278. The van der Waals surface area contributed by atoms with Crippen LogP contribution in [0.1, 0.15) is 44.7 Å². The predicted octanol–water partition coefficient (Wildman–Crippen LogP) is 2.76. The molecule has 78 valence electrons. The molecular formula is C11H19N3. The minimum atomic E-state index is 0.517. The van der Waals surface area contributed by atoms with E-state index in [1.165, 1.54) is 0 Å². The predicted molar refractivity (Wildman–Crippen MR) is 58.2 cm³/mol. The molecule has 0 saturated carbocycles. The van der Waals surface area contributed by atoms with E-state index in [0.717, 1.165) is 31.5 Å². The molecule has 0 fully saturated rings. The van der Waals surface area contributed by atoms with Gasteiger partial charge in [-0.3, -0.25) is 4.68 Å². The Morgan fingerprint density at radius 1 is 1.64 bits per heavy atom. The summed E-state index contributed by atoms with van der Waals surface area (Å²) in [6.45, 7) is 8.98. The van der Waals surface area contributed by atoms with Gasteiger partial charge in [-0.15, -0.1) is 11.7 Å². The molecule has 3 heteroatoms. The molecule has 0 bridgehead atoms. The van der Waals surface area contributed by atoms with Crippen LogP contribution >= 0.6 is 0 Å². The fourth-order valence-electron chi connectivity index (χ4n) is 1.26. The van der Waals surface area contributed by atoms with Gasteiger partial charge in [0.15, 0.2) is 0 Å². The Kier molecular flexibility index (Phi) is 4.36. The van der Waals surface area contributed by atoms with Crippen LogP contribution in [0.25, 0.3) is 0 Å². The molecule has 0 aromatic carbocycles. The SMILES string of the molecule is C=CCCCn1cc(C(C)CC)nn1. The molecule has 0 aliphatic carbocycles. The van der Waals surface area contributed by atoms with Gasteiger partial charge in [0.05, 0.1) is 5.69 Å². The van der Waals surface area contributed by atoms with Crippen LogP contribution in [0.2, 0.25) is 0 Å². The molecule has 0 N–H and O–H groups in total. The van der Waals surface area contributed by atoms with Crippen LogP contribution in [-0.2, 0) is 6.54 Å². The second-order valence-corrected chi connectivity index (χ2v) is 3.65. The van der Waals surface area contributed by atoms with Crippen LogP contribution in [-0.4, -0.2) is 15.0 Å². The molecule has 1 unspecified atom stereocenters. The van der Waals surface area contributed by atoms with E-state index in [0.29, 0.717) is 5.92 Å². The largest absolute Gasteiger partial charge is 0.252 e. The van der Waals surface area contributed by atoms with E-state index in [2.05, 4.69) is 36.9 Å². The molecule has 0 amide bonds. The van der Waals surface area contributed by atoms with Crippen molar-refractivity contribution in [2.45, 2.75) is 45.6 Å². The normalized spacial score (nSPS) is 12.7. The molecule has 1 heterocycles. The lowest BCUT2D eigenvalue weighted by Crippen LogP contribution is -1.97. The zero-order chi connectivity index (χ0) is 10.4. The third-order valence-electron chi connectivity index (χ3n) is 2.47. The first-order valence-electron chi connectivity index (χ1n) is 5.28. The monoisotopic (exact) mass is 193 g/mol. The van der Waals surface area contributed by atoms with Gasteiger partial charge in [0.25, 0.3) is 0 Å². The quantitative estimate of drug-likeness (QED) is 0.513. The Morgan fingerprint density at radius 3 is 3.07 bits per heavy atom. The third-order valence-corrected chi connectivity index (χ3v) is 2.47. The summed E-state index contributed by atoms with van der Waals surface area (Å²) in [6, 6.07) is 0. The molecule has 0 radical (unpaired) electrons. The van der Waals surface area contributed by atoms with Crippen LogP contribution in [0.5, 0.6) is 0 Å². The zero-order valence-corrected chi connectivity index (χ0v) is 9.11. The maximum atomic E-state index is 4.15. The number of rotatable bonds is 6. The van der Waals surface area contributed by atoms with Crippen LogP contribution in [0, 0.1) is 0 Å². The van der Waals surface area contributed by atoms with Crippen LogP contribution in [0.4, 0.5) is 0 Å². The number of hydrogen-bond acceptors (Lipinski definition) is 2. The highest BCUT2D eigenvalue weighted by molar-refractivity contribution is 4.99. The fourth-order valence-corrected chi connectivity index (χ4v) is 1.26. The molecular weight excluding hydrogens is 174 g/mol. The maximum absolute atomic E-state index is 4.15. The first-order chi connectivity index (χ1) is 6.77. The highest BCUT2D eigenvalue weighted by atomic mass is 15.4. The van der Waals surface area contributed by atoms with Crippen molar-refractivity contribution in [3.8, 4) is 0 Å². The zero-order valence-electron chi connectivity index (χ0n) is 9.11. The molecule has 14 heavy (non-hydrogen) atoms. The van der Waals surface area contributed by atoms with Gasteiger partial charge in [0.1, 0.15) is 0 Å². The molecule has 0 saturated heterocycles. The fraction of sp³-hybridized carbons (Fsp3) is 0.636. The lowest BCUT2D eigenvalue weighted by Gasteiger charge is -2.01. The van der Waals surface area contributed by atoms with E-state index in [-0.39, 0.29) is 0 Å². The van der Waals surface area contributed by atoms with Crippen molar-refractivity contribution in [2.75, 3.05) is 0 Å². The lowest BCUT2D eigenvalue weighted by molar-refractivity contribution is 0.563. The highest BCUT2D eigenvalue weighted by Gasteiger charge is 2.06. The molecule has 0 aliphatic heterocycles. The summed E-state index contributed by atoms with van der Waals surface area (Å²) in [5.74, 6) is 0.517. The van der Waals surface area contributed by atoms with Crippen LogP contribution in [0.3, 0.4) is 0 Å². The average molecular weight is 193 g/mol. The molecule has 0 spiro atoms. The number of allylic oxidation sites excluding steroid dienone is 1. The van der Waals surface area contributed by atoms with Gasteiger partial charge in [0, 0.05) is 18.7 Å². The summed E-state index contributed by atoms with van der Waals surface area (Å²) in [4.78, 5) is 0. The van der Waals surface area contributed by atoms with E-state index in [4.69, 9.17) is 0 Å². The summed E-state index contributed by atoms with van der Waals surface area (Å²) in [6.07, 6.45) is 7.24. The Hall–Kier alpha value is -1.12. The van der Waals surface area contributed by atoms with E-state index in [1.807, 2.05) is 10.8 Å². The molecule has 3 nitrogen and oxygen atoms in total. The van der Waals surface area contributed by atoms with Crippen molar-refractivity contribution < 1.29 is 0 Å². The summed E-state index contributed by atoms with van der Waals surface area (Å²) >= 11 is 0. The topological polar surface area (TPSA) is 30.7 Å². The number of hydrogen-bond donors (Lipinski definition) is 0. The van der Waals surface area contributed by atoms with Crippen LogP contribution < -0.4 is 0 Å². The minimum Gasteiger partial charge on any atom is -0.252 e. The maximum Gasteiger partial charge on any atom is 0.0855 e. The van der Waals surface area contributed by atoms with E-state index in [9.17, 15) is 0 Å². The van der Waals surface area contributed by atoms with Gasteiger partial charge >= 0.3 is 0 Å². The van der Waals surface area contributed by atoms with Gasteiger partial charge in [-0.25, -0.2) is 0 Å². The average Bonchev–Trinajstić information content (AvgIpc) is 2.66. The Morgan fingerprint density at radius 2 is 2.43 bits per heavy atom. The Labute approximate surface area is 85.8 Å². The molecule has 0 aliphatic rings. The third kappa shape index (κ3) is 2.98. The second kappa shape index (κ2) is 5.58. The van der Waals surface area contributed by atoms with Crippen molar-refractivity contribution in [3.63, 3.8) is 0 Å². The van der Waals surface area contributed by atoms with Crippen LogP contribution in [0.15, 0.2) is 18.9 Å². The number of nitrogens with zero attached hydrogens (tertiary/aromatic N) is 3. The molecule has 1 aromatic rings. The summed E-state index contributed by atoms with van der Waals surface area (Å²) < 4.78 is 1.92. The molecule has 1 aromatic heterocycles. The van der Waals surface area contributed by atoms with E-state index < -0.39 is 0 Å². The number of aromatic nitrogens is 3. The van der Waals surface area contributed by atoms with Gasteiger partial charge in [0.2, 0.25) is 0 Å². The van der Waals surface area contributed by atoms with Crippen molar-refractivity contribution in [2.24, 2.45) is 0 Å². The van der Waals surface area contributed by atoms with Crippen molar-refractivity contribution in [1.29, 1.82) is 0 Å². The van der Waals surface area contributed by atoms with Gasteiger partial charge in [-0.1, -0.05) is 25.1 Å². The molecule has 1 rings (SSSR count). The lowest BCUT2D eigenvalue weighted by atomic mass is 10.1. The summed E-state index contributed by atoms with van der Waals surface area (Å²) in [7, 11) is 0. The summed E-state index contributed by atoms with van der Waals surface area (Å²) in [5, 5.41) is 8.24. The second-order valence-electron chi connectivity index (χ2n) is 3.65. The van der Waals surface area contributed by atoms with Gasteiger partial charge in [-0.2, -0.15) is 0 Å². The first kappa shape index (κ1) is 11.0. The first-order valence-corrected chi connectivity index (χ1v) is 5.28. The smallest absolute Gasteiger partial charge is 0.0855 e. The Balaban J connectivity index is 2.46. The highest BCUT2D eigenvalue weighted by Crippen LogP contribution is 2.14. The van der Waals surface area contributed by atoms with Gasteiger partial charge < -0.3 is 0 Å². The van der Waals surface area contributed by atoms with Gasteiger partial charge in [-0.05, 0) is 19.3 Å². The van der Waals surface area contributed by atoms with Crippen molar-refractivity contribution in [3.05, 3.63) is 24.5 Å². The van der Waals surface area contributed by atoms with E-state index >= 15 is 0 Å². The van der Waals surface area contributed by atoms with Crippen molar-refractivity contribution in [1.82, 2.24) is 15.0 Å².